The number of hydrogen-bond acceptors (Lipinski definition) is 3. The van der Waals surface area contributed by atoms with Gasteiger partial charge in [-0.05, 0) is 42.5 Å². The summed E-state index contributed by atoms with van der Waals surface area (Å²) in [6.45, 7) is 6.42. The van der Waals surface area contributed by atoms with Gasteiger partial charge in [-0.1, -0.05) is 12.1 Å². The predicted molar refractivity (Wildman–Crippen MR) is 81.9 cm³/mol. The molecule has 0 saturated carbocycles. The number of hydrogen-bond donors (Lipinski definition) is 2. The molecule has 3 nitrogen and oxygen atoms in total. The van der Waals surface area contributed by atoms with Crippen molar-refractivity contribution in [3.05, 3.63) is 45.6 Å². The predicted octanol–water partition coefficient (Wildman–Crippen LogP) is 3.94. The molecule has 1 amide bonds. The van der Waals surface area contributed by atoms with Crippen LogP contribution >= 0.6 is 11.3 Å². The number of thiophene rings is 1. The van der Waals surface area contributed by atoms with Gasteiger partial charge in [0.2, 0.25) is 5.91 Å². The van der Waals surface area contributed by atoms with Crippen LogP contribution in [0.1, 0.15) is 22.9 Å². The van der Waals surface area contributed by atoms with E-state index in [1.54, 1.807) is 11.3 Å². The first-order valence-electron chi connectivity index (χ1n) is 6.21. The fourth-order valence-corrected chi connectivity index (χ4v) is 2.65. The molecular weight excluding hydrogens is 256 g/mol. The first-order valence-corrected chi connectivity index (χ1v) is 7.09. The Balaban J connectivity index is 2.08. The highest BCUT2D eigenvalue weighted by molar-refractivity contribution is 7.10. The second-order valence-electron chi connectivity index (χ2n) is 4.61. The number of anilines is 2. The number of carbonyl (C=O) groups is 1. The lowest BCUT2D eigenvalue weighted by atomic mass is 10.1. The highest BCUT2D eigenvalue weighted by Crippen LogP contribution is 2.24. The number of aryl methyl sites for hydroxylation is 2. The third kappa shape index (κ3) is 3.58. The summed E-state index contributed by atoms with van der Waals surface area (Å²) >= 11 is 1.64. The van der Waals surface area contributed by atoms with E-state index in [1.165, 1.54) is 18.1 Å². The molecule has 0 spiro atoms. The molecule has 0 atom stereocenters. The molecule has 0 bridgehead atoms. The van der Waals surface area contributed by atoms with Crippen LogP contribution in [0.4, 0.5) is 11.4 Å². The van der Waals surface area contributed by atoms with Gasteiger partial charge < -0.3 is 10.6 Å². The second kappa shape index (κ2) is 5.89. The number of amides is 1. The van der Waals surface area contributed by atoms with Crippen LogP contribution < -0.4 is 10.6 Å². The highest BCUT2D eigenvalue weighted by Gasteiger charge is 2.06. The number of carbonyl (C=O) groups excluding carboxylic acids is 1. The van der Waals surface area contributed by atoms with E-state index in [0.717, 1.165) is 22.8 Å². The second-order valence-corrected chi connectivity index (χ2v) is 5.61. The summed E-state index contributed by atoms with van der Waals surface area (Å²) in [6.07, 6.45) is 0. The summed E-state index contributed by atoms with van der Waals surface area (Å²) in [6, 6.07) is 8.29. The van der Waals surface area contributed by atoms with Crippen LogP contribution in [0.15, 0.2) is 29.6 Å². The largest absolute Gasteiger partial charge is 0.380 e. The first kappa shape index (κ1) is 13.6. The molecular formula is C15H18N2OS. The van der Waals surface area contributed by atoms with E-state index >= 15 is 0 Å². The van der Waals surface area contributed by atoms with Crippen LogP contribution in [0.5, 0.6) is 0 Å². The Kier molecular flexibility index (Phi) is 4.22. The van der Waals surface area contributed by atoms with Crippen molar-refractivity contribution in [2.75, 3.05) is 10.6 Å². The van der Waals surface area contributed by atoms with Crippen molar-refractivity contribution in [1.82, 2.24) is 0 Å². The van der Waals surface area contributed by atoms with Gasteiger partial charge in [0.05, 0.1) is 12.2 Å². The zero-order valence-corrected chi connectivity index (χ0v) is 12.2. The maximum Gasteiger partial charge on any atom is 0.221 e. The summed E-state index contributed by atoms with van der Waals surface area (Å²) < 4.78 is 0. The Morgan fingerprint density at radius 3 is 2.74 bits per heavy atom. The Hall–Kier alpha value is -1.81. The first-order chi connectivity index (χ1) is 9.06. The lowest BCUT2D eigenvalue weighted by molar-refractivity contribution is -0.114. The SMILES string of the molecule is CC(=O)Nc1ccsc1CNc1cc(C)ccc1C. The molecule has 0 aliphatic carbocycles. The smallest absolute Gasteiger partial charge is 0.221 e. The molecule has 1 aromatic heterocycles. The Bertz CT molecular complexity index is 590. The Morgan fingerprint density at radius 2 is 2.00 bits per heavy atom. The van der Waals surface area contributed by atoms with E-state index in [2.05, 4.69) is 42.7 Å². The average Bonchev–Trinajstić information content (AvgIpc) is 2.77. The van der Waals surface area contributed by atoms with E-state index in [1.807, 2.05) is 11.4 Å². The van der Waals surface area contributed by atoms with Crippen molar-refractivity contribution in [2.24, 2.45) is 0 Å². The van der Waals surface area contributed by atoms with Crippen LogP contribution in [0.2, 0.25) is 0 Å². The third-order valence-electron chi connectivity index (χ3n) is 2.89. The van der Waals surface area contributed by atoms with Crippen LogP contribution in [-0.2, 0) is 11.3 Å². The number of benzene rings is 1. The summed E-state index contributed by atoms with van der Waals surface area (Å²) in [5, 5.41) is 8.27. The fourth-order valence-electron chi connectivity index (χ4n) is 1.88. The number of nitrogens with one attached hydrogen (secondary N) is 2. The van der Waals surface area contributed by atoms with E-state index < -0.39 is 0 Å². The summed E-state index contributed by atoms with van der Waals surface area (Å²) in [7, 11) is 0. The summed E-state index contributed by atoms with van der Waals surface area (Å²) in [5.41, 5.74) is 4.50. The zero-order chi connectivity index (χ0) is 13.8. The molecule has 2 N–H and O–H groups in total. The minimum Gasteiger partial charge on any atom is -0.380 e. The average molecular weight is 274 g/mol. The molecule has 4 heteroatoms. The van der Waals surface area contributed by atoms with Crippen molar-refractivity contribution in [2.45, 2.75) is 27.3 Å². The van der Waals surface area contributed by atoms with Gasteiger partial charge in [0, 0.05) is 17.5 Å². The van der Waals surface area contributed by atoms with E-state index in [0.29, 0.717) is 0 Å². The topological polar surface area (TPSA) is 41.1 Å². The lowest BCUT2D eigenvalue weighted by Crippen LogP contribution is -2.08. The molecule has 2 aromatic rings. The monoisotopic (exact) mass is 274 g/mol. The molecule has 0 unspecified atom stereocenters. The molecule has 1 aromatic carbocycles. The van der Waals surface area contributed by atoms with Crippen LogP contribution in [0.3, 0.4) is 0 Å². The van der Waals surface area contributed by atoms with Crippen molar-refractivity contribution in [3.63, 3.8) is 0 Å². The Morgan fingerprint density at radius 1 is 1.21 bits per heavy atom. The quantitative estimate of drug-likeness (QED) is 0.886. The minimum absolute atomic E-state index is 0.0358. The maximum absolute atomic E-state index is 11.1. The van der Waals surface area contributed by atoms with Gasteiger partial charge in [0.1, 0.15) is 0 Å². The van der Waals surface area contributed by atoms with Crippen LogP contribution in [0, 0.1) is 13.8 Å². The van der Waals surface area contributed by atoms with Gasteiger partial charge >= 0.3 is 0 Å². The summed E-state index contributed by atoms with van der Waals surface area (Å²) in [4.78, 5) is 12.2. The third-order valence-corrected chi connectivity index (χ3v) is 3.81. The molecule has 2 rings (SSSR count). The molecule has 0 saturated heterocycles. The molecule has 0 aliphatic heterocycles. The van der Waals surface area contributed by atoms with Crippen molar-refractivity contribution in [3.8, 4) is 0 Å². The highest BCUT2D eigenvalue weighted by atomic mass is 32.1. The number of rotatable bonds is 4. The lowest BCUT2D eigenvalue weighted by Gasteiger charge is -2.11. The van der Waals surface area contributed by atoms with Crippen molar-refractivity contribution >= 4 is 28.6 Å². The van der Waals surface area contributed by atoms with E-state index in [-0.39, 0.29) is 5.91 Å². The minimum atomic E-state index is -0.0358. The van der Waals surface area contributed by atoms with Crippen molar-refractivity contribution < 1.29 is 4.79 Å². The Labute approximate surface area is 117 Å². The summed E-state index contributed by atoms with van der Waals surface area (Å²) in [5.74, 6) is -0.0358. The zero-order valence-electron chi connectivity index (χ0n) is 11.4. The van der Waals surface area contributed by atoms with E-state index in [4.69, 9.17) is 0 Å². The fraction of sp³-hybridized carbons (Fsp3) is 0.267. The van der Waals surface area contributed by atoms with Gasteiger partial charge in [0.15, 0.2) is 0 Å². The van der Waals surface area contributed by atoms with E-state index in [9.17, 15) is 4.79 Å². The van der Waals surface area contributed by atoms with Crippen LogP contribution in [0.25, 0.3) is 0 Å². The van der Waals surface area contributed by atoms with Gasteiger partial charge in [0.25, 0.3) is 0 Å². The van der Waals surface area contributed by atoms with Gasteiger partial charge in [-0.15, -0.1) is 11.3 Å². The van der Waals surface area contributed by atoms with Crippen LogP contribution in [-0.4, -0.2) is 5.91 Å². The molecule has 100 valence electrons. The maximum atomic E-state index is 11.1. The normalized spacial score (nSPS) is 10.3. The standard InChI is InChI=1S/C15H18N2OS/c1-10-4-5-11(2)14(8-10)16-9-15-13(6-7-19-15)17-12(3)18/h4-8,16H,9H2,1-3H3,(H,17,18). The molecule has 0 aliphatic rings. The van der Waals surface area contributed by atoms with Gasteiger partial charge in [-0.25, -0.2) is 0 Å². The van der Waals surface area contributed by atoms with Crippen molar-refractivity contribution in [1.29, 1.82) is 0 Å². The molecule has 0 radical (unpaired) electrons. The molecule has 19 heavy (non-hydrogen) atoms. The van der Waals surface area contributed by atoms with Gasteiger partial charge in [-0.3, -0.25) is 4.79 Å². The molecule has 0 fully saturated rings. The molecule has 1 heterocycles. The van der Waals surface area contributed by atoms with Gasteiger partial charge in [-0.2, -0.15) is 0 Å².